The Morgan fingerprint density at radius 1 is 1.22 bits per heavy atom. The molecule has 0 spiro atoms. The third-order valence-electron chi connectivity index (χ3n) is 5.17. The van der Waals surface area contributed by atoms with Crippen LogP contribution in [0.4, 0.5) is 0 Å². The van der Waals surface area contributed by atoms with Crippen molar-refractivity contribution in [3.8, 4) is 0 Å². The molecule has 1 aliphatic heterocycles. The van der Waals surface area contributed by atoms with E-state index in [4.69, 9.17) is 9.47 Å². The molecule has 1 saturated heterocycles. The highest BCUT2D eigenvalue weighted by molar-refractivity contribution is 6.47. The third kappa shape index (κ3) is 1.59. The van der Waals surface area contributed by atoms with Crippen molar-refractivity contribution in [2.75, 3.05) is 13.2 Å². The normalized spacial score (nSPS) is 37.3. The highest BCUT2D eigenvalue weighted by Crippen LogP contribution is 2.66. The molecule has 1 saturated carbocycles. The predicted molar refractivity (Wildman–Crippen MR) is 76.9 cm³/mol. The Morgan fingerprint density at radius 3 is 2.52 bits per heavy atom. The van der Waals surface area contributed by atoms with Gasteiger partial charge in [0, 0.05) is 5.92 Å². The number of carbonyl (C=O) groups excluding carboxylic acids is 4. The molecule has 0 unspecified atom stereocenters. The van der Waals surface area contributed by atoms with Gasteiger partial charge in [-0.2, -0.15) is 0 Å². The molecule has 0 radical (unpaired) electrons. The molecule has 23 heavy (non-hydrogen) atoms. The molecule has 2 aliphatic carbocycles. The number of Topliss-reactive ketones (excluding diaryl/α,β-unsaturated/α-hetero) is 1. The van der Waals surface area contributed by atoms with Crippen LogP contribution >= 0.6 is 0 Å². The van der Waals surface area contributed by atoms with Gasteiger partial charge in [-0.3, -0.25) is 14.4 Å². The van der Waals surface area contributed by atoms with E-state index in [1.165, 1.54) is 0 Å². The molecule has 0 bridgehead atoms. The van der Waals surface area contributed by atoms with E-state index in [9.17, 15) is 19.2 Å². The average Bonchev–Trinajstić information content (AvgIpc) is 2.72. The second kappa shape index (κ2) is 5.18. The molecule has 1 heterocycles. The van der Waals surface area contributed by atoms with Crippen molar-refractivity contribution in [1.82, 2.24) is 5.32 Å². The summed E-state index contributed by atoms with van der Waals surface area (Å²) in [4.78, 5) is 50.1. The number of ether oxygens (including phenoxy) is 2. The van der Waals surface area contributed by atoms with Crippen LogP contribution in [-0.2, 0) is 28.7 Å². The molecule has 7 nitrogen and oxygen atoms in total. The summed E-state index contributed by atoms with van der Waals surface area (Å²) in [5, 5.41) is 2.47. The molecule has 124 valence electrons. The number of nitrogens with one attached hydrogen (secondary N) is 1. The first kappa shape index (κ1) is 15.7. The van der Waals surface area contributed by atoms with Crippen molar-refractivity contribution in [2.24, 2.45) is 17.3 Å². The molecule has 4 atom stereocenters. The van der Waals surface area contributed by atoms with E-state index in [1.54, 1.807) is 19.9 Å². The summed E-state index contributed by atoms with van der Waals surface area (Å²) in [5.41, 5.74) is -3.48. The van der Waals surface area contributed by atoms with Crippen LogP contribution in [0.5, 0.6) is 0 Å². The van der Waals surface area contributed by atoms with Gasteiger partial charge in [0.05, 0.1) is 13.2 Å². The van der Waals surface area contributed by atoms with Gasteiger partial charge < -0.3 is 14.8 Å². The Kier molecular flexibility index (Phi) is 3.54. The van der Waals surface area contributed by atoms with E-state index in [0.29, 0.717) is 12.8 Å². The first-order valence-corrected chi connectivity index (χ1v) is 7.86. The number of carbonyl (C=O) groups is 4. The van der Waals surface area contributed by atoms with Crippen molar-refractivity contribution in [1.29, 1.82) is 0 Å². The van der Waals surface area contributed by atoms with E-state index in [1.807, 2.05) is 6.08 Å². The van der Waals surface area contributed by atoms with Crippen LogP contribution in [0.2, 0.25) is 0 Å². The fourth-order valence-electron chi connectivity index (χ4n) is 4.41. The summed E-state index contributed by atoms with van der Waals surface area (Å²) >= 11 is 0. The first-order chi connectivity index (χ1) is 11.0. The van der Waals surface area contributed by atoms with Crippen LogP contribution in [0.3, 0.4) is 0 Å². The minimum Gasteiger partial charge on any atom is -0.465 e. The van der Waals surface area contributed by atoms with Gasteiger partial charge in [-0.15, -0.1) is 0 Å². The highest BCUT2D eigenvalue weighted by atomic mass is 16.5. The summed E-state index contributed by atoms with van der Waals surface area (Å²) < 4.78 is 10.2. The number of ketones is 1. The lowest BCUT2D eigenvalue weighted by Crippen LogP contribution is -2.80. The van der Waals surface area contributed by atoms with Gasteiger partial charge in [-0.25, -0.2) is 4.79 Å². The van der Waals surface area contributed by atoms with Gasteiger partial charge in [-0.05, 0) is 32.6 Å². The second-order valence-corrected chi connectivity index (χ2v) is 5.98. The number of hydrogen-bond acceptors (Lipinski definition) is 6. The summed E-state index contributed by atoms with van der Waals surface area (Å²) in [6, 6.07) is 0. The number of rotatable bonds is 4. The molecule has 0 aromatic carbocycles. The van der Waals surface area contributed by atoms with E-state index < -0.39 is 46.4 Å². The van der Waals surface area contributed by atoms with E-state index in [2.05, 4.69) is 5.32 Å². The highest BCUT2D eigenvalue weighted by Gasteiger charge is 2.87. The fraction of sp³-hybridized carbons (Fsp3) is 0.625. The van der Waals surface area contributed by atoms with Crippen molar-refractivity contribution in [3.05, 3.63) is 12.2 Å². The van der Waals surface area contributed by atoms with Gasteiger partial charge >= 0.3 is 11.9 Å². The van der Waals surface area contributed by atoms with Gasteiger partial charge in [0.2, 0.25) is 5.78 Å². The standard InChI is InChI=1S/C16H19NO6/c1-3-22-13(20)15-9-7-5-6-8-10(9)16(15,14(21)23-4-2)17-12(19)11(15)18/h6,8-10H,3-5,7H2,1-2H3,(H,17,19)/t9-,10+,15+,16-/m0/s1. The average molecular weight is 321 g/mol. The van der Waals surface area contributed by atoms with E-state index >= 15 is 0 Å². The van der Waals surface area contributed by atoms with Crippen molar-refractivity contribution in [2.45, 2.75) is 32.2 Å². The molecule has 2 fully saturated rings. The quantitative estimate of drug-likeness (QED) is 0.342. The zero-order valence-electron chi connectivity index (χ0n) is 13.1. The maximum Gasteiger partial charge on any atom is 0.334 e. The van der Waals surface area contributed by atoms with Crippen LogP contribution in [0.1, 0.15) is 26.7 Å². The topological polar surface area (TPSA) is 98.8 Å². The number of fused-ring (bicyclic) bond motifs is 4. The van der Waals surface area contributed by atoms with E-state index in [0.717, 1.165) is 0 Å². The Hall–Kier alpha value is -2.18. The smallest absolute Gasteiger partial charge is 0.334 e. The van der Waals surface area contributed by atoms with E-state index in [-0.39, 0.29) is 13.2 Å². The fourth-order valence-corrected chi connectivity index (χ4v) is 4.41. The summed E-state index contributed by atoms with van der Waals surface area (Å²) in [6.07, 6.45) is 4.91. The van der Waals surface area contributed by atoms with Crippen LogP contribution in [0.15, 0.2) is 12.2 Å². The Bertz CT molecular complexity index is 626. The van der Waals surface area contributed by atoms with Crippen molar-refractivity contribution in [3.63, 3.8) is 0 Å². The van der Waals surface area contributed by atoms with Crippen LogP contribution in [-0.4, -0.2) is 42.4 Å². The van der Waals surface area contributed by atoms with Crippen molar-refractivity contribution < 1.29 is 28.7 Å². The lowest BCUT2D eigenvalue weighted by atomic mass is 9.40. The molecular weight excluding hydrogens is 302 g/mol. The number of esters is 2. The lowest BCUT2D eigenvalue weighted by Gasteiger charge is -2.60. The molecule has 7 heteroatoms. The van der Waals surface area contributed by atoms with Crippen LogP contribution in [0.25, 0.3) is 0 Å². The van der Waals surface area contributed by atoms with Crippen LogP contribution in [0, 0.1) is 17.3 Å². The van der Waals surface area contributed by atoms with Gasteiger partial charge in [-0.1, -0.05) is 12.2 Å². The van der Waals surface area contributed by atoms with Gasteiger partial charge in [0.15, 0.2) is 11.0 Å². The minimum atomic E-state index is -1.80. The maximum atomic E-state index is 12.7. The second-order valence-electron chi connectivity index (χ2n) is 5.98. The molecule has 0 aromatic heterocycles. The zero-order valence-corrected chi connectivity index (χ0v) is 13.1. The molecular formula is C16H19NO6. The lowest BCUT2D eigenvalue weighted by molar-refractivity contribution is -0.205. The molecule has 1 amide bonds. The maximum absolute atomic E-state index is 12.7. The SMILES string of the molecule is CCOC(=O)[C@@]12C(=O)C(=O)N[C@]1(C(=O)OCC)[C@@H]1C=CCC[C@@H]12. The Morgan fingerprint density at radius 2 is 1.87 bits per heavy atom. The van der Waals surface area contributed by atoms with Crippen LogP contribution < -0.4 is 5.32 Å². The summed E-state index contributed by atoms with van der Waals surface area (Å²) in [7, 11) is 0. The molecule has 3 aliphatic rings. The van der Waals surface area contributed by atoms with Gasteiger partial charge in [0.25, 0.3) is 5.91 Å². The largest absolute Gasteiger partial charge is 0.465 e. The Balaban J connectivity index is 2.18. The predicted octanol–water partition coefficient (Wildman–Crippen LogP) is 0.133. The van der Waals surface area contributed by atoms with Crippen molar-refractivity contribution >= 4 is 23.6 Å². The number of amides is 1. The zero-order chi connectivity index (χ0) is 16.8. The monoisotopic (exact) mass is 321 g/mol. The third-order valence-corrected chi connectivity index (χ3v) is 5.17. The Labute approximate surface area is 133 Å². The summed E-state index contributed by atoms with van der Waals surface area (Å²) in [6.45, 7) is 3.40. The molecule has 0 aromatic rings. The first-order valence-electron chi connectivity index (χ1n) is 7.86. The molecule has 1 N–H and O–H groups in total. The summed E-state index contributed by atoms with van der Waals surface area (Å²) in [5.74, 6) is -4.24. The van der Waals surface area contributed by atoms with Gasteiger partial charge in [0.1, 0.15) is 0 Å². The minimum absolute atomic E-state index is 0.0637. The number of allylic oxidation sites excluding steroid dienone is 1. The molecule has 3 rings (SSSR count). The number of hydrogen-bond donors (Lipinski definition) is 1.